The Hall–Kier alpha value is -1.34. The summed E-state index contributed by atoms with van der Waals surface area (Å²) in [5.41, 5.74) is 10.9. The van der Waals surface area contributed by atoms with Crippen LogP contribution < -0.4 is 0 Å². The Labute approximate surface area is 129 Å². The third kappa shape index (κ3) is 2.14. The first-order valence-electron chi connectivity index (χ1n) is 7.05. The summed E-state index contributed by atoms with van der Waals surface area (Å²) in [4.78, 5) is 0. The Kier molecular flexibility index (Phi) is 3.33. The molecule has 0 heterocycles. The Morgan fingerprint density at radius 1 is 0.850 bits per heavy atom. The zero-order valence-corrected chi connectivity index (χ0v) is 14.1. The molecule has 0 radical (unpaired) electrons. The van der Waals surface area contributed by atoms with Crippen molar-refractivity contribution in [3.63, 3.8) is 0 Å². The lowest BCUT2D eigenvalue weighted by Gasteiger charge is -2.15. The van der Waals surface area contributed by atoms with Gasteiger partial charge in [0, 0.05) is 4.47 Å². The van der Waals surface area contributed by atoms with Crippen molar-refractivity contribution in [2.45, 2.75) is 34.1 Å². The van der Waals surface area contributed by atoms with Crippen molar-refractivity contribution in [1.82, 2.24) is 0 Å². The topological polar surface area (TPSA) is 0 Å². The summed E-state index contributed by atoms with van der Waals surface area (Å²) in [5.74, 6) is 0. The van der Waals surface area contributed by atoms with Gasteiger partial charge in [0.1, 0.15) is 0 Å². The molecule has 0 spiro atoms. The second kappa shape index (κ2) is 4.89. The highest BCUT2D eigenvalue weighted by molar-refractivity contribution is 9.10. The van der Waals surface area contributed by atoms with Crippen molar-refractivity contribution in [2.75, 3.05) is 0 Å². The largest absolute Gasteiger partial charge is 0.0766 e. The third-order valence-electron chi connectivity index (χ3n) is 4.19. The van der Waals surface area contributed by atoms with Gasteiger partial charge < -0.3 is 0 Å². The molecule has 0 aliphatic heterocycles. The van der Waals surface area contributed by atoms with Gasteiger partial charge in [0.25, 0.3) is 0 Å². The molecule has 102 valence electrons. The SMILES string of the molecule is CC1=CCc2cc(Br)c(-c3c(C)cc(C)cc3C)cc21. The fourth-order valence-corrected chi connectivity index (χ4v) is 3.91. The maximum absolute atomic E-state index is 3.77. The molecular weight excluding hydrogens is 308 g/mol. The van der Waals surface area contributed by atoms with Crippen LogP contribution in [0.25, 0.3) is 16.7 Å². The molecule has 0 unspecified atom stereocenters. The van der Waals surface area contributed by atoms with Gasteiger partial charge in [-0.1, -0.05) is 39.7 Å². The van der Waals surface area contributed by atoms with Crippen LogP contribution in [-0.4, -0.2) is 0 Å². The fraction of sp³-hybridized carbons (Fsp3) is 0.263. The van der Waals surface area contributed by atoms with Crippen molar-refractivity contribution >= 4 is 21.5 Å². The van der Waals surface area contributed by atoms with Gasteiger partial charge in [0.15, 0.2) is 0 Å². The van der Waals surface area contributed by atoms with Crippen LogP contribution in [-0.2, 0) is 6.42 Å². The molecule has 1 heteroatoms. The van der Waals surface area contributed by atoms with E-state index in [4.69, 9.17) is 0 Å². The highest BCUT2D eigenvalue weighted by Gasteiger charge is 2.17. The molecule has 0 aromatic heterocycles. The van der Waals surface area contributed by atoms with Crippen LogP contribution in [0.15, 0.2) is 34.8 Å². The van der Waals surface area contributed by atoms with E-state index in [1.807, 2.05) is 0 Å². The first kappa shape index (κ1) is 13.6. The molecule has 1 aliphatic rings. The summed E-state index contributed by atoms with van der Waals surface area (Å²) in [6.45, 7) is 8.78. The summed E-state index contributed by atoms with van der Waals surface area (Å²) < 4.78 is 1.20. The number of aryl methyl sites for hydroxylation is 3. The van der Waals surface area contributed by atoms with Gasteiger partial charge in [-0.25, -0.2) is 0 Å². The van der Waals surface area contributed by atoms with E-state index in [1.54, 1.807) is 0 Å². The Morgan fingerprint density at radius 3 is 2.15 bits per heavy atom. The van der Waals surface area contributed by atoms with Crippen molar-refractivity contribution in [2.24, 2.45) is 0 Å². The summed E-state index contributed by atoms with van der Waals surface area (Å²) >= 11 is 3.77. The zero-order valence-electron chi connectivity index (χ0n) is 12.5. The fourth-order valence-electron chi connectivity index (χ4n) is 3.32. The van der Waals surface area contributed by atoms with E-state index in [0.29, 0.717) is 0 Å². The summed E-state index contributed by atoms with van der Waals surface area (Å²) in [5, 5.41) is 0. The van der Waals surface area contributed by atoms with E-state index < -0.39 is 0 Å². The molecule has 0 atom stereocenters. The molecule has 2 aromatic rings. The van der Waals surface area contributed by atoms with Gasteiger partial charge >= 0.3 is 0 Å². The smallest absolute Gasteiger partial charge is 0.0257 e. The minimum Gasteiger partial charge on any atom is -0.0766 e. The zero-order chi connectivity index (χ0) is 14.4. The van der Waals surface area contributed by atoms with Crippen LogP contribution in [0.1, 0.15) is 34.7 Å². The second-order valence-corrected chi connectivity index (χ2v) is 6.71. The van der Waals surface area contributed by atoms with Gasteiger partial charge in [0.2, 0.25) is 0 Å². The number of hydrogen-bond acceptors (Lipinski definition) is 0. The van der Waals surface area contributed by atoms with E-state index >= 15 is 0 Å². The van der Waals surface area contributed by atoms with Crippen molar-refractivity contribution in [3.05, 3.63) is 62.6 Å². The molecule has 0 N–H and O–H groups in total. The van der Waals surface area contributed by atoms with Crippen LogP contribution in [0.5, 0.6) is 0 Å². The molecule has 0 amide bonds. The number of rotatable bonds is 1. The first-order chi connectivity index (χ1) is 9.47. The summed E-state index contributed by atoms with van der Waals surface area (Å²) in [6, 6.07) is 9.18. The highest BCUT2D eigenvalue weighted by atomic mass is 79.9. The number of allylic oxidation sites excluding steroid dienone is 2. The molecule has 20 heavy (non-hydrogen) atoms. The average molecular weight is 327 g/mol. The number of fused-ring (bicyclic) bond motifs is 1. The first-order valence-corrected chi connectivity index (χ1v) is 7.84. The maximum atomic E-state index is 3.77. The molecule has 0 fully saturated rings. The molecule has 1 aliphatic carbocycles. The molecule has 0 bridgehead atoms. The van der Waals surface area contributed by atoms with Gasteiger partial charge in [-0.15, -0.1) is 0 Å². The van der Waals surface area contributed by atoms with E-state index in [-0.39, 0.29) is 0 Å². The summed E-state index contributed by atoms with van der Waals surface area (Å²) in [6.07, 6.45) is 3.38. The number of benzene rings is 2. The maximum Gasteiger partial charge on any atom is 0.0257 e. The predicted molar refractivity (Wildman–Crippen MR) is 91.1 cm³/mol. The lowest BCUT2D eigenvalue weighted by molar-refractivity contribution is 1.28. The second-order valence-electron chi connectivity index (χ2n) is 5.85. The van der Waals surface area contributed by atoms with E-state index in [9.17, 15) is 0 Å². The standard InChI is InChI=1S/C19H19Br/c1-11-7-13(3)19(14(4)8-11)17-10-16-12(2)5-6-15(16)9-18(17)20/h5,7-10H,6H2,1-4H3. The minimum atomic E-state index is 1.06. The van der Waals surface area contributed by atoms with Gasteiger partial charge in [-0.3, -0.25) is 0 Å². The molecule has 2 aromatic carbocycles. The summed E-state index contributed by atoms with van der Waals surface area (Å²) in [7, 11) is 0. The van der Waals surface area contributed by atoms with Crippen LogP contribution in [0, 0.1) is 20.8 Å². The van der Waals surface area contributed by atoms with Crippen molar-refractivity contribution in [3.8, 4) is 11.1 Å². The van der Waals surface area contributed by atoms with E-state index in [2.05, 4.69) is 74.0 Å². The molecular formula is C19H19Br. The van der Waals surface area contributed by atoms with Gasteiger partial charge in [0.05, 0.1) is 0 Å². The number of halogens is 1. The average Bonchev–Trinajstić information content (AvgIpc) is 2.69. The van der Waals surface area contributed by atoms with Gasteiger partial charge in [-0.05, 0) is 85.2 Å². The Bertz CT molecular complexity index is 713. The molecule has 0 nitrogen and oxygen atoms in total. The monoisotopic (exact) mass is 326 g/mol. The van der Waals surface area contributed by atoms with Crippen molar-refractivity contribution < 1.29 is 0 Å². The lowest BCUT2D eigenvalue weighted by atomic mass is 9.91. The molecule has 3 rings (SSSR count). The van der Waals surface area contributed by atoms with Crippen molar-refractivity contribution in [1.29, 1.82) is 0 Å². The lowest BCUT2D eigenvalue weighted by Crippen LogP contribution is -1.94. The highest BCUT2D eigenvalue weighted by Crippen LogP contribution is 2.39. The number of hydrogen-bond donors (Lipinski definition) is 0. The van der Waals surface area contributed by atoms with Crippen LogP contribution in [0.2, 0.25) is 0 Å². The molecule has 0 saturated heterocycles. The van der Waals surface area contributed by atoms with E-state index in [1.165, 1.54) is 49.0 Å². The molecule has 0 saturated carbocycles. The quantitative estimate of drug-likeness (QED) is 0.602. The third-order valence-corrected chi connectivity index (χ3v) is 4.85. The Morgan fingerprint density at radius 2 is 1.50 bits per heavy atom. The van der Waals surface area contributed by atoms with E-state index in [0.717, 1.165) is 6.42 Å². The normalized spacial score (nSPS) is 13.3. The Balaban J connectivity index is 2.26. The predicted octanol–water partition coefficient (Wildman–Crippen LogP) is 6.00. The van der Waals surface area contributed by atoms with Crippen LogP contribution in [0.4, 0.5) is 0 Å². The minimum absolute atomic E-state index is 1.06. The van der Waals surface area contributed by atoms with Crippen LogP contribution >= 0.6 is 15.9 Å². The van der Waals surface area contributed by atoms with Crippen LogP contribution in [0.3, 0.4) is 0 Å². The van der Waals surface area contributed by atoms with Gasteiger partial charge in [-0.2, -0.15) is 0 Å².